The van der Waals surface area contributed by atoms with Crippen molar-refractivity contribution in [2.45, 2.75) is 13.8 Å². The molecular weight excluding hydrogens is 304 g/mol. The number of H-pyrrole nitrogens is 1. The maximum Gasteiger partial charge on any atom is 0.137 e. The third-order valence-corrected chi connectivity index (χ3v) is 3.15. The lowest BCUT2D eigenvalue weighted by Crippen LogP contribution is -1.92. The Hall–Kier alpha value is -1.00. The van der Waals surface area contributed by atoms with Gasteiger partial charge in [0.05, 0.1) is 11.6 Å². The van der Waals surface area contributed by atoms with Crippen LogP contribution in [-0.4, -0.2) is 16.6 Å². The first-order valence-corrected chi connectivity index (χ1v) is 6.43. The molecule has 1 heterocycles. The zero-order valence-corrected chi connectivity index (χ0v) is 11.9. The largest absolute Gasteiger partial charge is 0.492 e. The maximum atomic E-state index is 6.14. The number of nitrogens with one attached hydrogen (secondary N) is 1. The number of imidazole rings is 1. The first-order chi connectivity index (χ1) is 8.11. The monoisotopic (exact) mass is 314 g/mol. The van der Waals surface area contributed by atoms with Crippen molar-refractivity contribution >= 4 is 27.5 Å². The second-order valence-corrected chi connectivity index (χ2v) is 4.76. The molecule has 2 aromatic rings. The fraction of sp³-hybridized carbons (Fsp3) is 0.250. The smallest absolute Gasteiger partial charge is 0.137 e. The van der Waals surface area contributed by atoms with Crippen molar-refractivity contribution < 1.29 is 4.74 Å². The summed E-state index contributed by atoms with van der Waals surface area (Å²) < 4.78 is 6.25. The molecule has 0 amide bonds. The van der Waals surface area contributed by atoms with E-state index in [2.05, 4.69) is 25.9 Å². The van der Waals surface area contributed by atoms with Gasteiger partial charge < -0.3 is 9.72 Å². The molecule has 0 spiro atoms. The highest BCUT2D eigenvalue weighted by Gasteiger charge is 2.10. The molecule has 0 unspecified atom stereocenters. The average molecular weight is 316 g/mol. The van der Waals surface area contributed by atoms with Crippen LogP contribution in [0.15, 0.2) is 22.8 Å². The van der Waals surface area contributed by atoms with Crippen molar-refractivity contribution in [3.63, 3.8) is 0 Å². The van der Waals surface area contributed by atoms with Gasteiger partial charge in [0.2, 0.25) is 0 Å². The summed E-state index contributed by atoms with van der Waals surface area (Å²) in [5.74, 6) is 1.55. The summed E-state index contributed by atoms with van der Waals surface area (Å²) in [6.07, 6.45) is 0. The molecule has 1 N–H and O–H groups in total. The van der Waals surface area contributed by atoms with E-state index < -0.39 is 0 Å². The quantitative estimate of drug-likeness (QED) is 0.922. The van der Waals surface area contributed by atoms with Crippen LogP contribution in [0.4, 0.5) is 0 Å². The summed E-state index contributed by atoms with van der Waals surface area (Å²) in [4.78, 5) is 7.49. The Morgan fingerprint density at radius 3 is 2.76 bits per heavy atom. The van der Waals surface area contributed by atoms with Crippen LogP contribution in [-0.2, 0) is 0 Å². The van der Waals surface area contributed by atoms with E-state index in [1.807, 2.05) is 32.0 Å². The highest BCUT2D eigenvalue weighted by molar-refractivity contribution is 9.10. The Morgan fingerprint density at radius 2 is 2.24 bits per heavy atom. The fourth-order valence-corrected chi connectivity index (χ4v) is 2.41. The SMILES string of the molecule is CCOc1ccc(-c2nc(C)[nH]c2Br)cc1Cl. The maximum absolute atomic E-state index is 6.14. The Balaban J connectivity index is 2.41. The van der Waals surface area contributed by atoms with Crippen molar-refractivity contribution in [2.75, 3.05) is 6.61 Å². The number of halogens is 2. The van der Waals surface area contributed by atoms with E-state index in [9.17, 15) is 0 Å². The lowest BCUT2D eigenvalue weighted by atomic mass is 10.1. The number of hydrogen-bond donors (Lipinski definition) is 1. The number of rotatable bonds is 3. The third-order valence-electron chi connectivity index (χ3n) is 2.28. The Bertz CT molecular complexity index is 539. The molecule has 3 nitrogen and oxygen atoms in total. The fourth-order valence-electron chi connectivity index (χ4n) is 1.57. The van der Waals surface area contributed by atoms with Crippen LogP contribution in [0.25, 0.3) is 11.3 Å². The number of hydrogen-bond acceptors (Lipinski definition) is 2. The van der Waals surface area contributed by atoms with E-state index in [4.69, 9.17) is 16.3 Å². The molecule has 0 saturated carbocycles. The molecule has 1 aromatic heterocycles. The van der Waals surface area contributed by atoms with Gasteiger partial charge >= 0.3 is 0 Å². The molecule has 90 valence electrons. The van der Waals surface area contributed by atoms with Crippen molar-refractivity contribution in [2.24, 2.45) is 0 Å². The minimum Gasteiger partial charge on any atom is -0.492 e. The summed E-state index contributed by atoms with van der Waals surface area (Å²) >= 11 is 9.57. The van der Waals surface area contributed by atoms with Gasteiger partial charge in [-0.1, -0.05) is 11.6 Å². The van der Waals surface area contributed by atoms with Crippen LogP contribution in [0.5, 0.6) is 5.75 Å². The van der Waals surface area contributed by atoms with Crippen LogP contribution >= 0.6 is 27.5 Å². The lowest BCUT2D eigenvalue weighted by molar-refractivity contribution is 0.340. The Kier molecular flexibility index (Phi) is 3.74. The molecule has 0 aliphatic rings. The summed E-state index contributed by atoms with van der Waals surface area (Å²) in [7, 11) is 0. The minimum atomic E-state index is 0.594. The lowest BCUT2D eigenvalue weighted by Gasteiger charge is -2.06. The van der Waals surface area contributed by atoms with Gasteiger partial charge in [0, 0.05) is 5.56 Å². The van der Waals surface area contributed by atoms with Crippen LogP contribution in [0, 0.1) is 6.92 Å². The molecule has 17 heavy (non-hydrogen) atoms. The number of nitrogens with zero attached hydrogens (tertiary/aromatic N) is 1. The molecule has 5 heteroatoms. The van der Waals surface area contributed by atoms with E-state index >= 15 is 0 Å². The molecule has 0 fully saturated rings. The standard InChI is InChI=1S/C12H12BrClN2O/c1-3-17-10-5-4-8(6-9(10)14)11-12(13)16-7(2)15-11/h4-6H,3H2,1-2H3,(H,15,16). The van der Waals surface area contributed by atoms with Gasteiger partial charge in [-0.3, -0.25) is 0 Å². The van der Waals surface area contributed by atoms with E-state index in [1.54, 1.807) is 0 Å². The second-order valence-electron chi connectivity index (χ2n) is 3.56. The highest BCUT2D eigenvalue weighted by Crippen LogP contribution is 2.32. The zero-order chi connectivity index (χ0) is 12.4. The third kappa shape index (κ3) is 2.64. The number of aromatic amines is 1. The van der Waals surface area contributed by atoms with E-state index in [1.165, 1.54) is 0 Å². The van der Waals surface area contributed by atoms with E-state index in [0.717, 1.165) is 21.7 Å². The molecule has 0 bridgehead atoms. The highest BCUT2D eigenvalue weighted by atomic mass is 79.9. The van der Waals surface area contributed by atoms with Gasteiger partial charge in [-0.2, -0.15) is 0 Å². The summed E-state index contributed by atoms with van der Waals surface area (Å²) in [5, 5.41) is 0.594. The van der Waals surface area contributed by atoms with Crippen LogP contribution in [0.2, 0.25) is 5.02 Å². The second kappa shape index (κ2) is 5.10. The van der Waals surface area contributed by atoms with Crippen LogP contribution in [0.1, 0.15) is 12.7 Å². The topological polar surface area (TPSA) is 37.9 Å². The van der Waals surface area contributed by atoms with Crippen molar-refractivity contribution in [3.05, 3.63) is 33.6 Å². The first kappa shape index (κ1) is 12.5. The summed E-state index contributed by atoms with van der Waals surface area (Å²) in [6.45, 7) is 4.44. The number of aryl methyl sites for hydroxylation is 1. The van der Waals surface area contributed by atoms with Crippen molar-refractivity contribution in [3.8, 4) is 17.0 Å². The van der Waals surface area contributed by atoms with Crippen molar-refractivity contribution in [1.29, 1.82) is 0 Å². The molecule has 0 aliphatic carbocycles. The van der Waals surface area contributed by atoms with Gasteiger partial charge in [0.1, 0.15) is 21.9 Å². The molecule has 0 radical (unpaired) electrons. The Morgan fingerprint density at radius 1 is 1.47 bits per heavy atom. The Labute approximate surface area is 113 Å². The summed E-state index contributed by atoms with van der Waals surface area (Å²) in [6, 6.07) is 5.65. The van der Waals surface area contributed by atoms with Gasteiger partial charge in [0.15, 0.2) is 0 Å². The van der Waals surface area contributed by atoms with Crippen LogP contribution in [0.3, 0.4) is 0 Å². The molecule has 0 aliphatic heterocycles. The van der Waals surface area contributed by atoms with Crippen LogP contribution < -0.4 is 4.74 Å². The molecule has 0 atom stereocenters. The normalized spacial score (nSPS) is 10.6. The zero-order valence-electron chi connectivity index (χ0n) is 9.55. The average Bonchev–Trinajstić information content (AvgIpc) is 2.61. The van der Waals surface area contributed by atoms with Gasteiger partial charge in [-0.05, 0) is 48.0 Å². The predicted molar refractivity (Wildman–Crippen MR) is 72.6 cm³/mol. The molecular formula is C12H12BrClN2O. The predicted octanol–water partition coefficient (Wildman–Crippen LogP) is 4.20. The van der Waals surface area contributed by atoms with Gasteiger partial charge in [0.25, 0.3) is 0 Å². The molecule has 2 rings (SSSR count). The first-order valence-electron chi connectivity index (χ1n) is 5.26. The molecule has 1 aromatic carbocycles. The molecule has 0 saturated heterocycles. The van der Waals surface area contributed by atoms with Gasteiger partial charge in [-0.15, -0.1) is 0 Å². The number of aromatic nitrogens is 2. The van der Waals surface area contributed by atoms with E-state index in [-0.39, 0.29) is 0 Å². The summed E-state index contributed by atoms with van der Waals surface area (Å²) in [5.41, 5.74) is 1.81. The van der Waals surface area contributed by atoms with E-state index in [0.29, 0.717) is 17.4 Å². The van der Waals surface area contributed by atoms with Crippen molar-refractivity contribution in [1.82, 2.24) is 9.97 Å². The number of ether oxygens (including phenoxy) is 1. The minimum absolute atomic E-state index is 0.594. The van der Waals surface area contributed by atoms with Gasteiger partial charge in [-0.25, -0.2) is 4.98 Å². The number of benzene rings is 1.